The van der Waals surface area contributed by atoms with Crippen molar-refractivity contribution in [3.05, 3.63) is 142 Å². The molecule has 0 amide bonds. The van der Waals surface area contributed by atoms with E-state index >= 15 is 0 Å². The summed E-state index contributed by atoms with van der Waals surface area (Å²) < 4.78 is 0. The standard InChI is InChI=1S/2C34H43N5O/c40-24-23-39(21-9-19-35-33-25-11-1-5-15-29(25)37-30-16-6-2-12-26(30)33)22-10-20-36-34-27-13-3-7-17-31(27)38-32-18-8-4-14-28(32)34;1-2-39(40)24-12-23-38(34-27-15-5-9-19-31(27)37-32-20-10-6-16-28(32)34)22-11-21-35-33-25-13-3-7-17-29(25)36-30-18-8-4-14-26(30)33/h1,3,5,7,11,13,15,17,40H,2,4,6,8-10,12,14,16,18-24H2,(H,35,37)(H,36,38);3,5,7,9,13,15,17,19,40H,2,4,6,8,10-12,14,16,18,20-24H2,1H3,(H,35,36). The van der Waals surface area contributed by atoms with E-state index in [1.165, 1.54) is 146 Å². The molecular weight excluding hydrogens is 989 g/mol. The number of nitrogens with one attached hydrogen (secondary N) is 3. The Morgan fingerprint density at radius 3 is 1.18 bits per heavy atom. The summed E-state index contributed by atoms with van der Waals surface area (Å²) in [6.45, 7) is 10.9. The molecule has 0 saturated carbocycles. The van der Waals surface area contributed by atoms with Gasteiger partial charge in [-0.05, 0) is 188 Å². The number of hydrogen-bond acceptors (Lipinski definition) is 12. The summed E-state index contributed by atoms with van der Waals surface area (Å²) in [6.07, 6.45) is 22.8. The maximum absolute atomic E-state index is 10.1. The Morgan fingerprint density at radius 1 is 0.400 bits per heavy atom. The van der Waals surface area contributed by atoms with Gasteiger partial charge in [-0.1, -0.05) is 79.7 Å². The van der Waals surface area contributed by atoms with Gasteiger partial charge in [0.1, 0.15) is 0 Å². The van der Waals surface area contributed by atoms with Crippen molar-refractivity contribution in [2.24, 2.45) is 0 Å². The Balaban J connectivity index is 0.000000169. The topological polar surface area (TPSA) is 138 Å². The first-order valence-corrected chi connectivity index (χ1v) is 30.9. The van der Waals surface area contributed by atoms with E-state index in [-0.39, 0.29) is 6.61 Å². The fraction of sp³-hybridized carbons (Fsp3) is 0.471. The van der Waals surface area contributed by atoms with E-state index in [2.05, 4.69) is 123 Å². The molecule has 4 aromatic carbocycles. The highest BCUT2D eigenvalue weighted by Crippen LogP contribution is 2.39. The van der Waals surface area contributed by atoms with Crippen LogP contribution in [-0.2, 0) is 51.4 Å². The van der Waals surface area contributed by atoms with Crippen molar-refractivity contribution >= 4 is 66.4 Å². The lowest BCUT2D eigenvalue weighted by Gasteiger charge is -2.32. The molecule has 0 radical (unpaired) electrons. The Hall–Kier alpha value is -6.44. The molecule has 4 aliphatic rings. The Morgan fingerprint density at radius 2 is 0.750 bits per heavy atom. The molecule has 0 unspecified atom stereocenters. The Labute approximate surface area is 474 Å². The van der Waals surface area contributed by atoms with Gasteiger partial charge in [-0.2, -0.15) is 5.06 Å². The van der Waals surface area contributed by atoms with Gasteiger partial charge in [-0.3, -0.25) is 19.9 Å². The number of aliphatic hydroxyl groups excluding tert-OH is 1. The van der Waals surface area contributed by atoms with Crippen molar-refractivity contribution in [2.75, 3.05) is 92.9 Å². The van der Waals surface area contributed by atoms with Crippen LogP contribution in [0.3, 0.4) is 0 Å². The van der Waals surface area contributed by atoms with Gasteiger partial charge in [0.2, 0.25) is 0 Å². The second-order valence-electron chi connectivity index (χ2n) is 22.8. The quantitative estimate of drug-likeness (QED) is 0.0308. The first-order valence-electron chi connectivity index (χ1n) is 30.9. The molecule has 0 saturated heterocycles. The van der Waals surface area contributed by atoms with E-state index in [0.717, 1.165) is 151 Å². The van der Waals surface area contributed by atoms with Gasteiger partial charge < -0.3 is 36.1 Å². The largest absolute Gasteiger partial charge is 0.395 e. The van der Waals surface area contributed by atoms with Gasteiger partial charge in [0, 0.05) is 114 Å². The molecule has 4 aromatic heterocycles. The number of hydrogen-bond donors (Lipinski definition) is 5. The molecule has 80 heavy (non-hydrogen) atoms. The first kappa shape index (κ1) is 55.5. The van der Waals surface area contributed by atoms with Gasteiger partial charge in [0.15, 0.2) is 0 Å². The van der Waals surface area contributed by atoms with Gasteiger partial charge >= 0.3 is 0 Å². The highest BCUT2D eigenvalue weighted by molar-refractivity contribution is 5.96. The van der Waals surface area contributed by atoms with Gasteiger partial charge in [0.25, 0.3) is 0 Å². The number of hydroxylamine groups is 2. The molecule has 8 aromatic rings. The van der Waals surface area contributed by atoms with Crippen LogP contribution in [0.15, 0.2) is 97.1 Å². The lowest BCUT2D eigenvalue weighted by Crippen LogP contribution is -2.32. The third-order valence-electron chi connectivity index (χ3n) is 17.4. The molecule has 12 nitrogen and oxygen atoms in total. The molecule has 12 rings (SSSR count). The number of pyridine rings is 4. The van der Waals surface area contributed by atoms with E-state index in [1.807, 2.05) is 6.92 Å². The summed E-state index contributed by atoms with van der Waals surface area (Å²) in [5.74, 6) is 0. The third-order valence-corrected chi connectivity index (χ3v) is 17.4. The van der Waals surface area contributed by atoms with Crippen LogP contribution in [-0.4, -0.2) is 112 Å². The minimum Gasteiger partial charge on any atom is -0.395 e. The summed E-state index contributed by atoms with van der Waals surface area (Å²) in [5.41, 5.74) is 20.6. The number of aromatic nitrogens is 4. The van der Waals surface area contributed by atoms with Crippen molar-refractivity contribution in [3.8, 4) is 0 Å². The van der Waals surface area contributed by atoms with Gasteiger partial charge in [0.05, 0.1) is 34.4 Å². The second kappa shape index (κ2) is 27.3. The van der Waals surface area contributed by atoms with Crippen LogP contribution in [0.1, 0.15) is 129 Å². The summed E-state index contributed by atoms with van der Waals surface area (Å²) in [7, 11) is 0. The lowest BCUT2D eigenvalue weighted by atomic mass is 9.92. The number of aliphatic hydroxyl groups is 1. The molecule has 0 fully saturated rings. The van der Waals surface area contributed by atoms with E-state index < -0.39 is 0 Å². The molecule has 0 spiro atoms. The van der Waals surface area contributed by atoms with Crippen molar-refractivity contribution in [2.45, 2.75) is 135 Å². The molecule has 4 aliphatic carbocycles. The van der Waals surface area contributed by atoms with Crippen LogP contribution < -0.4 is 20.9 Å². The number of fused-ring (bicyclic) bond motifs is 8. The Kier molecular flexibility index (Phi) is 19.0. The molecule has 4 heterocycles. The zero-order chi connectivity index (χ0) is 54.5. The summed E-state index contributed by atoms with van der Waals surface area (Å²) in [4.78, 5) is 25.1. The molecule has 12 heteroatoms. The minimum absolute atomic E-state index is 0.200. The summed E-state index contributed by atoms with van der Waals surface area (Å²) in [6, 6.07) is 34.3. The molecular formula is C68H86N10O2. The summed E-state index contributed by atoms with van der Waals surface area (Å²) in [5, 5.41) is 37.7. The maximum atomic E-state index is 10.1. The zero-order valence-electron chi connectivity index (χ0n) is 47.7. The van der Waals surface area contributed by atoms with Crippen LogP contribution >= 0.6 is 0 Å². The van der Waals surface area contributed by atoms with Crippen molar-refractivity contribution in [1.29, 1.82) is 0 Å². The predicted molar refractivity (Wildman–Crippen MR) is 332 cm³/mol. The number of nitrogens with zero attached hydrogens (tertiary/aromatic N) is 7. The zero-order valence-corrected chi connectivity index (χ0v) is 47.7. The van der Waals surface area contributed by atoms with E-state index in [4.69, 9.17) is 19.9 Å². The highest BCUT2D eigenvalue weighted by atomic mass is 16.5. The monoisotopic (exact) mass is 1070 g/mol. The van der Waals surface area contributed by atoms with E-state index in [0.29, 0.717) is 13.1 Å². The van der Waals surface area contributed by atoms with Crippen LogP contribution in [0.5, 0.6) is 0 Å². The third kappa shape index (κ3) is 13.0. The van der Waals surface area contributed by atoms with Crippen LogP contribution in [0.2, 0.25) is 0 Å². The number of para-hydroxylation sites is 4. The molecule has 5 N–H and O–H groups in total. The van der Waals surface area contributed by atoms with Gasteiger partial charge in [-0.15, -0.1) is 0 Å². The smallest absolute Gasteiger partial charge is 0.0726 e. The van der Waals surface area contributed by atoms with Crippen LogP contribution in [0, 0.1) is 0 Å². The van der Waals surface area contributed by atoms with Gasteiger partial charge in [-0.25, -0.2) is 0 Å². The fourth-order valence-electron chi connectivity index (χ4n) is 13.4. The van der Waals surface area contributed by atoms with Crippen LogP contribution in [0.25, 0.3) is 43.6 Å². The van der Waals surface area contributed by atoms with E-state index in [1.54, 1.807) is 0 Å². The first-order chi connectivity index (χ1) is 39.5. The summed E-state index contributed by atoms with van der Waals surface area (Å²) >= 11 is 0. The molecule has 420 valence electrons. The molecule has 0 atom stereocenters. The number of benzene rings is 4. The molecule has 0 aliphatic heterocycles. The SMILES string of the molecule is CCN(O)CCCN(CCCNc1c2c(nc3ccccc13)CCCC2)c1c2c(nc3ccccc13)CCCC2.OCCN(CCCNc1c2c(nc3ccccc13)CCCC2)CCCNc1c2c(nc3ccccc13)CCCC2. The average molecular weight is 1080 g/mol. The van der Waals surface area contributed by atoms with Crippen molar-refractivity contribution < 1.29 is 10.3 Å². The Bertz CT molecular complexity index is 3260. The minimum atomic E-state index is 0.200. The normalized spacial score (nSPS) is 14.9. The van der Waals surface area contributed by atoms with Crippen molar-refractivity contribution in [1.82, 2.24) is 29.9 Å². The predicted octanol–water partition coefficient (Wildman–Crippen LogP) is 13.1. The number of anilines is 4. The maximum Gasteiger partial charge on any atom is 0.0726 e. The average Bonchev–Trinajstić information content (AvgIpc) is 3.51. The van der Waals surface area contributed by atoms with E-state index in [9.17, 15) is 10.3 Å². The van der Waals surface area contributed by atoms with Crippen LogP contribution in [0.4, 0.5) is 22.7 Å². The number of aryl methyl sites for hydroxylation is 4. The lowest BCUT2D eigenvalue weighted by molar-refractivity contribution is -0.0861. The highest BCUT2D eigenvalue weighted by Gasteiger charge is 2.24. The molecule has 0 bridgehead atoms. The second-order valence-corrected chi connectivity index (χ2v) is 22.8. The van der Waals surface area contributed by atoms with Crippen molar-refractivity contribution in [3.63, 3.8) is 0 Å². The number of rotatable bonds is 23. The fourth-order valence-corrected chi connectivity index (χ4v) is 13.4.